The third-order valence-corrected chi connectivity index (χ3v) is 3.89. The number of aliphatic hydroxyl groups is 1. The maximum Gasteiger partial charge on any atom is 0.271 e. The molecule has 2 aliphatic rings. The summed E-state index contributed by atoms with van der Waals surface area (Å²) in [7, 11) is 0. The molecule has 0 bridgehead atoms. The Balaban J connectivity index is 1.90. The highest BCUT2D eigenvalue weighted by Crippen LogP contribution is 2.39. The third kappa shape index (κ3) is 1.93. The number of aromatic nitrogens is 2. The predicted molar refractivity (Wildman–Crippen MR) is 78.0 cm³/mol. The summed E-state index contributed by atoms with van der Waals surface area (Å²) in [6.07, 6.45) is 4.82. The lowest BCUT2D eigenvalue weighted by Gasteiger charge is -2.16. The highest BCUT2D eigenvalue weighted by Gasteiger charge is 2.29. The fourth-order valence-corrected chi connectivity index (χ4v) is 2.90. The topological polar surface area (TPSA) is 88.7 Å². The smallest absolute Gasteiger partial charge is 0.271 e. The highest BCUT2D eigenvalue weighted by atomic mass is 16.5. The van der Waals surface area contributed by atoms with Crippen molar-refractivity contribution < 1.29 is 9.84 Å². The van der Waals surface area contributed by atoms with Crippen LogP contribution in [-0.4, -0.2) is 33.7 Å². The molecule has 21 heavy (non-hydrogen) atoms. The molecule has 2 aromatic rings. The van der Waals surface area contributed by atoms with Crippen LogP contribution < -0.4 is 10.9 Å². The monoisotopic (exact) mass is 286 g/mol. The van der Waals surface area contributed by atoms with Gasteiger partial charge < -0.3 is 19.7 Å². The Kier molecular flexibility index (Phi) is 2.76. The minimum atomic E-state index is -0.293. The van der Waals surface area contributed by atoms with E-state index in [4.69, 9.17) is 4.74 Å². The molecule has 0 aromatic carbocycles. The molecule has 2 N–H and O–H groups in total. The quantitative estimate of drug-likeness (QED) is 0.864. The van der Waals surface area contributed by atoms with E-state index in [1.165, 1.54) is 12.4 Å². The Morgan fingerprint density at radius 1 is 1.43 bits per heavy atom. The zero-order valence-corrected chi connectivity index (χ0v) is 11.2. The zero-order valence-electron chi connectivity index (χ0n) is 11.2. The van der Waals surface area contributed by atoms with Gasteiger partial charge in [0.1, 0.15) is 17.9 Å². The van der Waals surface area contributed by atoms with Crippen LogP contribution in [0.3, 0.4) is 0 Å². The third-order valence-electron chi connectivity index (χ3n) is 3.89. The minimum absolute atomic E-state index is 0.0265. The molecular formula is C14H14N4O3. The van der Waals surface area contributed by atoms with Crippen LogP contribution >= 0.6 is 0 Å². The molecule has 2 unspecified atom stereocenters. The molecule has 108 valence electrons. The van der Waals surface area contributed by atoms with Crippen molar-refractivity contribution in [1.82, 2.24) is 9.55 Å². The van der Waals surface area contributed by atoms with Crippen molar-refractivity contribution in [3.8, 4) is 0 Å². The molecule has 0 spiro atoms. The van der Waals surface area contributed by atoms with E-state index in [0.29, 0.717) is 5.82 Å². The predicted octanol–water partition coefficient (Wildman–Crippen LogP) is 1.15. The highest BCUT2D eigenvalue weighted by molar-refractivity contribution is 6.06. The van der Waals surface area contributed by atoms with Crippen molar-refractivity contribution in [2.75, 3.05) is 11.9 Å². The van der Waals surface area contributed by atoms with Crippen molar-refractivity contribution in [3.63, 3.8) is 0 Å². The van der Waals surface area contributed by atoms with Crippen LogP contribution in [0.15, 0.2) is 28.1 Å². The van der Waals surface area contributed by atoms with Gasteiger partial charge in [-0.3, -0.25) is 4.79 Å². The largest absolute Gasteiger partial charge is 0.394 e. The Bertz CT molecular complexity index is 799. The van der Waals surface area contributed by atoms with E-state index in [-0.39, 0.29) is 24.5 Å². The molecule has 2 aliphatic heterocycles. The van der Waals surface area contributed by atoms with Gasteiger partial charge in [0.05, 0.1) is 24.4 Å². The second-order valence-electron chi connectivity index (χ2n) is 5.20. The average molecular weight is 286 g/mol. The van der Waals surface area contributed by atoms with E-state index in [1.807, 2.05) is 10.8 Å². The fraction of sp³-hybridized carbons (Fsp3) is 0.357. The van der Waals surface area contributed by atoms with Crippen LogP contribution in [0.5, 0.6) is 0 Å². The standard InChI is InChI=1S/C14H14N4O3/c19-6-9-2-4-11(21-9)18-5-8-1-3-10(20)17-13-12(8)14(18)16-7-15-13/h1,3,5,7,9,11,19H,2,4,6H2,(H,15,16,17,20). The number of anilines is 1. The van der Waals surface area contributed by atoms with Gasteiger partial charge in [-0.1, -0.05) is 0 Å². The lowest BCUT2D eigenvalue weighted by atomic mass is 10.2. The van der Waals surface area contributed by atoms with Crippen LogP contribution in [0, 0.1) is 0 Å². The van der Waals surface area contributed by atoms with Gasteiger partial charge in [0, 0.05) is 17.6 Å². The average Bonchev–Trinajstić information content (AvgIpc) is 3.05. The van der Waals surface area contributed by atoms with Crippen LogP contribution in [0.25, 0.3) is 10.8 Å². The first-order chi connectivity index (χ1) is 10.3. The molecule has 7 nitrogen and oxygen atoms in total. The van der Waals surface area contributed by atoms with Crippen LogP contribution in [0.2, 0.25) is 0 Å². The normalized spacial score (nSPS) is 23.5. The van der Waals surface area contributed by atoms with Crippen molar-refractivity contribution in [1.29, 1.82) is 0 Å². The van der Waals surface area contributed by atoms with E-state index in [9.17, 15) is 9.90 Å². The molecular weight excluding hydrogens is 272 g/mol. The van der Waals surface area contributed by atoms with Crippen LogP contribution in [-0.2, 0) is 4.74 Å². The molecule has 4 heterocycles. The fourth-order valence-electron chi connectivity index (χ4n) is 2.90. The second kappa shape index (κ2) is 4.64. The van der Waals surface area contributed by atoms with Gasteiger partial charge in [-0.05, 0) is 18.9 Å². The van der Waals surface area contributed by atoms with Crippen molar-refractivity contribution in [3.05, 3.63) is 28.7 Å². The first-order valence-corrected chi connectivity index (χ1v) is 6.87. The van der Waals surface area contributed by atoms with Gasteiger partial charge in [0.15, 0.2) is 0 Å². The number of ether oxygens (including phenoxy) is 1. The summed E-state index contributed by atoms with van der Waals surface area (Å²) < 4.78 is 7.77. The SMILES string of the molecule is O=c1ccc2cn(C3CCC(CO)O3)c3c2c(n1)NC=N3. The molecule has 0 amide bonds. The van der Waals surface area contributed by atoms with Crippen molar-refractivity contribution in [2.45, 2.75) is 25.2 Å². The lowest BCUT2D eigenvalue weighted by molar-refractivity contribution is -0.0212. The summed E-state index contributed by atoms with van der Waals surface area (Å²) in [5.74, 6) is 1.24. The van der Waals surface area contributed by atoms with Gasteiger partial charge in [-0.25, -0.2) is 4.99 Å². The Morgan fingerprint density at radius 3 is 3.14 bits per heavy atom. The number of aliphatic imine (C=N–C) groups is 1. The van der Waals surface area contributed by atoms with Gasteiger partial charge in [0.2, 0.25) is 0 Å². The lowest BCUT2D eigenvalue weighted by Crippen LogP contribution is -2.14. The zero-order chi connectivity index (χ0) is 14.4. The molecule has 0 radical (unpaired) electrons. The molecule has 1 fully saturated rings. The summed E-state index contributed by atoms with van der Waals surface area (Å²) in [5, 5.41) is 13.8. The van der Waals surface area contributed by atoms with Gasteiger partial charge in [0.25, 0.3) is 5.56 Å². The molecule has 2 aromatic heterocycles. The van der Waals surface area contributed by atoms with Gasteiger partial charge in [-0.2, -0.15) is 4.98 Å². The summed E-state index contributed by atoms with van der Waals surface area (Å²) in [6, 6.07) is 3.19. The Labute approximate surface area is 119 Å². The van der Waals surface area contributed by atoms with Gasteiger partial charge in [-0.15, -0.1) is 0 Å². The molecule has 1 saturated heterocycles. The summed E-state index contributed by atoms with van der Waals surface area (Å²) in [5.41, 5.74) is -0.293. The van der Waals surface area contributed by atoms with E-state index in [1.54, 1.807) is 6.07 Å². The maximum absolute atomic E-state index is 11.6. The Morgan fingerprint density at radius 2 is 2.33 bits per heavy atom. The molecule has 7 heteroatoms. The Hall–Kier alpha value is -2.25. The summed E-state index contributed by atoms with van der Waals surface area (Å²) in [4.78, 5) is 19.9. The number of hydrogen-bond acceptors (Lipinski definition) is 6. The molecule has 2 atom stereocenters. The maximum atomic E-state index is 11.6. The first-order valence-electron chi connectivity index (χ1n) is 6.87. The number of aliphatic hydroxyl groups excluding tert-OH is 1. The summed E-state index contributed by atoms with van der Waals surface area (Å²) >= 11 is 0. The number of hydrogen-bond donors (Lipinski definition) is 2. The second-order valence-corrected chi connectivity index (χ2v) is 5.20. The van der Waals surface area contributed by atoms with Crippen LogP contribution in [0.4, 0.5) is 11.6 Å². The summed E-state index contributed by atoms with van der Waals surface area (Å²) in [6.45, 7) is 0.0265. The minimum Gasteiger partial charge on any atom is -0.394 e. The number of rotatable bonds is 2. The van der Waals surface area contributed by atoms with E-state index >= 15 is 0 Å². The van der Waals surface area contributed by atoms with E-state index < -0.39 is 0 Å². The molecule has 4 rings (SSSR count). The van der Waals surface area contributed by atoms with Crippen molar-refractivity contribution in [2.24, 2.45) is 4.99 Å². The van der Waals surface area contributed by atoms with Crippen molar-refractivity contribution >= 4 is 28.7 Å². The van der Waals surface area contributed by atoms with E-state index in [0.717, 1.165) is 29.4 Å². The van der Waals surface area contributed by atoms with Gasteiger partial charge >= 0.3 is 0 Å². The van der Waals surface area contributed by atoms with Crippen LogP contribution in [0.1, 0.15) is 19.1 Å². The van der Waals surface area contributed by atoms with E-state index in [2.05, 4.69) is 15.3 Å². The first kappa shape index (κ1) is 12.5. The number of nitrogens with zero attached hydrogens (tertiary/aromatic N) is 3. The molecule has 0 aliphatic carbocycles. The number of nitrogens with one attached hydrogen (secondary N) is 1. The molecule has 0 saturated carbocycles.